The van der Waals surface area contributed by atoms with Crippen LogP contribution in [0.4, 0.5) is 0 Å². The molecule has 1 aromatic carbocycles. The van der Waals surface area contributed by atoms with E-state index in [9.17, 15) is 0 Å². The molecule has 0 aromatic heterocycles. The minimum atomic E-state index is 0.338. The van der Waals surface area contributed by atoms with E-state index >= 15 is 0 Å². The lowest BCUT2D eigenvalue weighted by Crippen LogP contribution is -2.46. The van der Waals surface area contributed by atoms with E-state index in [-0.39, 0.29) is 0 Å². The molecule has 0 radical (unpaired) electrons. The molecule has 7 heteroatoms. The van der Waals surface area contributed by atoms with Crippen LogP contribution in [0.15, 0.2) is 18.2 Å². The van der Waals surface area contributed by atoms with Crippen molar-refractivity contribution in [3.8, 4) is 5.75 Å². The quantitative estimate of drug-likeness (QED) is 0.508. The summed E-state index contributed by atoms with van der Waals surface area (Å²) in [5.74, 6) is 0.690. The van der Waals surface area contributed by atoms with Crippen molar-refractivity contribution >= 4 is 40.5 Å². The molecule has 0 spiro atoms. The highest BCUT2D eigenvalue weighted by Gasteiger charge is 2.12. The van der Waals surface area contributed by atoms with Crippen LogP contribution in [0, 0.1) is 0 Å². The Kier molecular flexibility index (Phi) is 9.74. The SMILES string of the molecule is CC(C)N(CCCOc1cc(Cl)cc(Cl)c1)C(=S)NCCN(C)C. The van der Waals surface area contributed by atoms with Crippen molar-refractivity contribution in [2.24, 2.45) is 0 Å². The number of nitrogens with zero attached hydrogens (tertiary/aromatic N) is 2. The first-order valence-corrected chi connectivity index (χ1v) is 9.24. The number of ether oxygens (including phenoxy) is 1. The molecule has 0 saturated carbocycles. The number of likely N-dealkylation sites (N-methyl/N-ethyl adjacent to an activating group) is 1. The van der Waals surface area contributed by atoms with E-state index in [1.165, 1.54) is 0 Å². The third-order valence-electron chi connectivity index (χ3n) is 3.37. The summed E-state index contributed by atoms with van der Waals surface area (Å²) in [5.41, 5.74) is 0. The van der Waals surface area contributed by atoms with Gasteiger partial charge in [0.25, 0.3) is 0 Å². The zero-order valence-corrected chi connectivity index (χ0v) is 17.1. The Balaban J connectivity index is 2.39. The molecule has 1 aromatic rings. The number of thiocarbonyl (C=S) groups is 1. The van der Waals surface area contributed by atoms with Crippen molar-refractivity contribution in [1.82, 2.24) is 15.1 Å². The first-order chi connectivity index (χ1) is 11.3. The highest BCUT2D eigenvalue weighted by molar-refractivity contribution is 7.80. The number of hydrogen-bond acceptors (Lipinski definition) is 3. The predicted molar refractivity (Wildman–Crippen MR) is 108 cm³/mol. The van der Waals surface area contributed by atoms with Crippen LogP contribution in [0.1, 0.15) is 20.3 Å². The maximum absolute atomic E-state index is 5.97. The van der Waals surface area contributed by atoms with E-state index in [0.29, 0.717) is 28.4 Å². The van der Waals surface area contributed by atoms with E-state index in [4.69, 9.17) is 40.2 Å². The van der Waals surface area contributed by atoms with Gasteiger partial charge in [-0.2, -0.15) is 0 Å². The van der Waals surface area contributed by atoms with Crippen molar-refractivity contribution in [1.29, 1.82) is 0 Å². The summed E-state index contributed by atoms with van der Waals surface area (Å²) in [6.45, 7) is 7.48. The number of hydrogen-bond donors (Lipinski definition) is 1. The molecule has 4 nitrogen and oxygen atoms in total. The van der Waals surface area contributed by atoms with E-state index in [2.05, 4.69) is 29.0 Å². The fourth-order valence-corrected chi connectivity index (χ4v) is 3.03. The molecule has 136 valence electrons. The van der Waals surface area contributed by atoms with E-state index in [0.717, 1.165) is 31.2 Å². The topological polar surface area (TPSA) is 27.7 Å². The van der Waals surface area contributed by atoms with E-state index < -0.39 is 0 Å². The maximum atomic E-state index is 5.97. The third-order valence-corrected chi connectivity index (χ3v) is 4.18. The van der Waals surface area contributed by atoms with Crippen LogP contribution in [0.2, 0.25) is 10.0 Å². The Morgan fingerprint density at radius 2 is 1.79 bits per heavy atom. The summed E-state index contributed by atoms with van der Waals surface area (Å²) < 4.78 is 5.72. The third kappa shape index (κ3) is 8.38. The monoisotopic (exact) mass is 391 g/mol. The van der Waals surface area contributed by atoms with Crippen LogP contribution < -0.4 is 10.1 Å². The molecule has 24 heavy (non-hydrogen) atoms. The van der Waals surface area contributed by atoms with Gasteiger partial charge in [0.1, 0.15) is 5.75 Å². The van der Waals surface area contributed by atoms with Crippen LogP contribution in [-0.4, -0.2) is 61.3 Å². The minimum Gasteiger partial charge on any atom is -0.493 e. The highest BCUT2D eigenvalue weighted by atomic mass is 35.5. The minimum absolute atomic E-state index is 0.338. The Morgan fingerprint density at radius 1 is 1.17 bits per heavy atom. The number of benzene rings is 1. The van der Waals surface area contributed by atoms with Gasteiger partial charge >= 0.3 is 0 Å². The lowest BCUT2D eigenvalue weighted by Gasteiger charge is -2.30. The van der Waals surface area contributed by atoms with E-state index in [1.807, 2.05) is 14.1 Å². The largest absolute Gasteiger partial charge is 0.493 e. The molecule has 0 atom stereocenters. The van der Waals surface area contributed by atoms with Gasteiger partial charge in [-0.15, -0.1) is 0 Å². The lowest BCUT2D eigenvalue weighted by molar-refractivity contribution is 0.268. The van der Waals surface area contributed by atoms with Gasteiger partial charge < -0.3 is 19.9 Å². The second kappa shape index (κ2) is 11.0. The van der Waals surface area contributed by atoms with Crippen LogP contribution in [0.25, 0.3) is 0 Å². The van der Waals surface area contributed by atoms with Crippen LogP contribution >= 0.6 is 35.4 Å². The highest BCUT2D eigenvalue weighted by Crippen LogP contribution is 2.24. The summed E-state index contributed by atoms with van der Waals surface area (Å²) in [6, 6.07) is 5.56. The second-order valence-electron chi connectivity index (χ2n) is 6.13. The fraction of sp³-hybridized carbons (Fsp3) is 0.588. The Labute approximate surface area is 161 Å². The standard InChI is InChI=1S/C17H27Cl2N3OS/c1-13(2)22(17(24)20-6-8-21(3)4)7-5-9-23-16-11-14(18)10-15(19)12-16/h10-13H,5-9H2,1-4H3,(H,20,24). The second-order valence-corrected chi connectivity index (χ2v) is 7.39. The van der Waals surface area contributed by atoms with Crippen LogP contribution in [0.3, 0.4) is 0 Å². The summed E-state index contributed by atoms with van der Waals surface area (Å²) in [4.78, 5) is 4.30. The predicted octanol–water partition coefficient (Wildman–Crippen LogP) is 3.91. The number of halogens is 2. The van der Waals surface area contributed by atoms with Crippen molar-refractivity contribution < 1.29 is 4.74 Å². The van der Waals surface area contributed by atoms with Crippen molar-refractivity contribution in [2.45, 2.75) is 26.3 Å². The molecule has 0 aliphatic rings. The molecule has 0 amide bonds. The maximum Gasteiger partial charge on any atom is 0.169 e. The summed E-state index contributed by atoms with van der Waals surface area (Å²) in [7, 11) is 4.09. The number of rotatable bonds is 9. The van der Waals surface area contributed by atoms with Gasteiger partial charge in [0.2, 0.25) is 0 Å². The first-order valence-electron chi connectivity index (χ1n) is 8.07. The average molecular weight is 392 g/mol. The molecule has 0 saturated heterocycles. The van der Waals surface area contributed by atoms with Crippen LogP contribution in [0.5, 0.6) is 5.75 Å². The molecule has 0 aliphatic carbocycles. The van der Waals surface area contributed by atoms with Gasteiger partial charge in [0, 0.05) is 35.7 Å². The molecule has 1 rings (SSSR count). The smallest absolute Gasteiger partial charge is 0.169 e. The molecule has 0 unspecified atom stereocenters. The van der Waals surface area contributed by atoms with Crippen molar-refractivity contribution in [3.05, 3.63) is 28.2 Å². The van der Waals surface area contributed by atoms with Gasteiger partial charge in [-0.3, -0.25) is 0 Å². The summed E-state index contributed by atoms with van der Waals surface area (Å²) in [6.07, 6.45) is 0.859. The normalized spacial score (nSPS) is 11.0. The zero-order valence-electron chi connectivity index (χ0n) is 14.8. The first kappa shape index (κ1) is 21.3. The zero-order chi connectivity index (χ0) is 18.1. The summed E-state index contributed by atoms with van der Waals surface area (Å²) in [5, 5.41) is 5.25. The molecule has 0 bridgehead atoms. The molecule has 0 aliphatic heterocycles. The lowest BCUT2D eigenvalue weighted by atomic mass is 10.3. The van der Waals surface area contributed by atoms with Crippen molar-refractivity contribution in [3.63, 3.8) is 0 Å². The van der Waals surface area contributed by atoms with E-state index in [1.54, 1.807) is 18.2 Å². The molecular formula is C17H27Cl2N3OS. The molecule has 1 N–H and O–H groups in total. The van der Waals surface area contributed by atoms with Gasteiger partial charge in [0.05, 0.1) is 6.61 Å². The van der Waals surface area contributed by atoms with Gasteiger partial charge in [-0.05, 0) is 64.8 Å². The molecular weight excluding hydrogens is 365 g/mol. The Hall–Kier alpha value is -0.750. The van der Waals surface area contributed by atoms with Crippen molar-refractivity contribution in [2.75, 3.05) is 40.3 Å². The molecule has 0 heterocycles. The van der Waals surface area contributed by atoms with Crippen LogP contribution in [-0.2, 0) is 0 Å². The fourth-order valence-electron chi connectivity index (χ4n) is 2.12. The molecule has 0 fully saturated rings. The Bertz CT molecular complexity index is 506. The number of nitrogens with one attached hydrogen (secondary N) is 1. The van der Waals surface area contributed by atoms with Gasteiger partial charge in [0.15, 0.2) is 5.11 Å². The summed E-state index contributed by atoms with van der Waals surface area (Å²) >= 11 is 17.4. The van der Waals surface area contributed by atoms with Gasteiger partial charge in [-0.1, -0.05) is 23.2 Å². The average Bonchev–Trinajstić information content (AvgIpc) is 2.45. The Morgan fingerprint density at radius 3 is 2.33 bits per heavy atom. The van der Waals surface area contributed by atoms with Gasteiger partial charge in [-0.25, -0.2) is 0 Å².